The first-order valence-corrected chi connectivity index (χ1v) is 5.62. The quantitative estimate of drug-likeness (QED) is 0.492. The van der Waals surface area contributed by atoms with E-state index < -0.39 is 24.0 Å². The molecule has 1 atom stereocenters. The zero-order chi connectivity index (χ0) is 12.3. The number of nitriles is 1. The fourth-order valence-corrected chi connectivity index (χ4v) is 1.45. The van der Waals surface area contributed by atoms with Crippen LogP contribution in [0.1, 0.15) is 5.56 Å². The molecular weight excluding hydrogens is 235 g/mol. The highest BCUT2D eigenvalue weighted by Crippen LogP contribution is 2.44. The maximum absolute atomic E-state index is 11.0. The Bertz CT molecular complexity index is 522. The Labute approximate surface area is 90.6 Å². The van der Waals surface area contributed by atoms with Crippen LogP contribution in [0.2, 0.25) is 0 Å². The highest BCUT2D eigenvalue weighted by molar-refractivity contribution is 7.58. The molecule has 0 bridgehead atoms. The molecule has 0 heterocycles. The number of rotatable bonds is 3. The summed E-state index contributed by atoms with van der Waals surface area (Å²) in [6.07, 6.45) is 0. The van der Waals surface area contributed by atoms with E-state index in [-0.39, 0.29) is 0 Å². The Morgan fingerprint density at radius 3 is 2.75 bits per heavy atom. The Balaban J connectivity index is 3.22. The van der Waals surface area contributed by atoms with Crippen LogP contribution in [0.3, 0.4) is 0 Å². The number of nitrogens with zero attached hydrogens (tertiary/aromatic N) is 2. The fraction of sp³-hybridized carbons (Fsp3) is 0.125. The molecule has 7 nitrogen and oxygen atoms in total. The maximum Gasteiger partial charge on any atom is 0.480 e. The van der Waals surface area contributed by atoms with Crippen molar-refractivity contribution in [1.29, 1.82) is 5.26 Å². The summed E-state index contributed by atoms with van der Waals surface area (Å²) in [5.41, 5.74) is 0.147. The molecule has 0 aromatic heterocycles. The number of benzene rings is 1. The van der Waals surface area contributed by atoms with Crippen LogP contribution < -0.4 is 4.52 Å². The Morgan fingerprint density at radius 2 is 2.25 bits per heavy atom. The summed E-state index contributed by atoms with van der Waals surface area (Å²) in [4.78, 5) is 18.7. The lowest BCUT2D eigenvalue weighted by atomic mass is 10.2. The Kier molecular flexibility index (Phi) is 3.28. The third-order valence-corrected chi connectivity index (χ3v) is 2.36. The predicted molar refractivity (Wildman–Crippen MR) is 53.9 cm³/mol. The van der Waals surface area contributed by atoms with Crippen LogP contribution in [0.25, 0.3) is 0 Å². The molecule has 1 aromatic rings. The summed E-state index contributed by atoms with van der Waals surface area (Å²) >= 11 is 0. The molecular formula is C8H7N2O5P. The molecule has 1 aromatic carbocycles. The first-order chi connectivity index (χ1) is 7.35. The van der Waals surface area contributed by atoms with Crippen LogP contribution >= 0.6 is 7.60 Å². The lowest BCUT2D eigenvalue weighted by molar-refractivity contribution is -0.385. The van der Waals surface area contributed by atoms with Crippen molar-refractivity contribution >= 4 is 13.3 Å². The molecule has 0 aliphatic rings. The zero-order valence-corrected chi connectivity index (χ0v) is 9.05. The summed E-state index contributed by atoms with van der Waals surface area (Å²) in [6.45, 7) is 1.63. The SMILES string of the molecule is Cc1ccc([N+](=O)[O-])c(OP(=O)(O)C#N)c1. The van der Waals surface area contributed by atoms with Gasteiger partial charge in [-0.1, -0.05) is 6.07 Å². The van der Waals surface area contributed by atoms with Gasteiger partial charge in [0.05, 0.1) is 4.92 Å². The lowest BCUT2D eigenvalue weighted by Crippen LogP contribution is -1.96. The first-order valence-electron chi connectivity index (χ1n) is 4.04. The van der Waals surface area contributed by atoms with Gasteiger partial charge < -0.3 is 9.42 Å². The summed E-state index contributed by atoms with van der Waals surface area (Å²) in [6, 6.07) is 3.82. The molecule has 1 N–H and O–H groups in total. The van der Waals surface area contributed by atoms with Gasteiger partial charge >= 0.3 is 13.3 Å². The van der Waals surface area contributed by atoms with E-state index in [1.165, 1.54) is 12.1 Å². The molecule has 1 unspecified atom stereocenters. The summed E-state index contributed by atoms with van der Waals surface area (Å²) in [7, 11) is -4.48. The molecule has 0 fully saturated rings. The van der Waals surface area contributed by atoms with Crippen LogP contribution in [0.4, 0.5) is 5.69 Å². The minimum absolute atomic E-state index is 0.391. The summed E-state index contributed by atoms with van der Waals surface area (Å²) in [5, 5.41) is 18.9. The first kappa shape index (κ1) is 12.2. The topological polar surface area (TPSA) is 113 Å². The molecule has 0 saturated carbocycles. The van der Waals surface area contributed by atoms with Crippen LogP contribution in [0.15, 0.2) is 18.2 Å². The van der Waals surface area contributed by atoms with Crippen molar-refractivity contribution in [3.63, 3.8) is 0 Å². The molecule has 0 amide bonds. The average molecular weight is 242 g/mol. The van der Waals surface area contributed by atoms with Crippen LogP contribution in [-0.2, 0) is 4.57 Å². The highest BCUT2D eigenvalue weighted by Gasteiger charge is 2.25. The highest BCUT2D eigenvalue weighted by atomic mass is 31.2. The summed E-state index contributed by atoms with van der Waals surface area (Å²) < 4.78 is 15.4. The van der Waals surface area contributed by atoms with Crippen molar-refractivity contribution < 1.29 is 18.9 Å². The van der Waals surface area contributed by atoms with E-state index in [1.807, 2.05) is 0 Å². The Morgan fingerprint density at radius 1 is 1.62 bits per heavy atom. The third-order valence-electron chi connectivity index (χ3n) is 1.66. The van der Waals surface area contributed by atoms with Crippen LogP contribution in [0.5, 0.6) is 5.75 Å². The van der Waals surface area contributed by atoms with E-state index in [1.54, 1.807) is 6.92 Å². The van der Waals surface area contributed by atoms with E-state index >= 15 is 0 Å². The van der Waals surface area contributed by atoms with Gasteiger partial charge in [-0.2, -0.15) is 5.26 Å². The van der Waals surface area contributed by atoms with E-state index in [9.17, 15) is 14.7 Å². The number of hydrogen-bond donors (Lipinski definition) is 1. The van der Waals surface area contributed by atoms with Crippen molar-refractivity contribution in [2.45, 2.75) is 6.92 Å². The van der Waals surface area contributed by atoms with Gasteiger partial charge in [-0.3, -0.25) is 10.1 Å². The lowest BCUT2D eigenvalue weighted by Gasteiger charge is -2.07. The van der Waals surface area contributed by atoms with Gasteiger partial charge in [0.15, 0.2) is 5.81 Å². The van der Waals surface area contributed by atoms with Gasteiger partial charge in [0, 0.05) is 6.07 Å². The van der Waals surface area contributed by atoms with E-state index in [2.05, 4.69) is 4.52 Å². The van der Waals surface area contributed by atoms with E-state index in [4.69, 9.17) is 10.2 Å². The molecule has 8 heteroatoms. The number of aryl methyl sites for hydroxylation is 1. The largest absolute Gasteiger partial charge is 0.480 e. The second kappa shape index (κ2) is 4.31. The minimum atomic E-state index is -4.48. The van der Waals surface area contributed by atoms with Crippen LogP contribution in [-0.4, -0.2) is 9.82 Å². The standard InChI is InChI=1S/C8H7N2O5P/c1-6-2-3-7(10(11)12)8(4-6)15-16(13,14)5-9/h2-4H,1H3,(H,13,14). The third kappa shape index (κ3) is 2.79. The van der Waals surface area contributed by atoms with Crippen molar-refractivity contribution in [3.8, 4) is 11.6 Å². The molecule has 0 saturated heterocycles. The monoisotopic (exact) mass is 242 g/mol. The molecule has 1 rings (SSSR count). The van der Waals surface area contributed by atoms with Crippen LogP contribution in [0, 0.1) is 28.1 Å². The smallest absolute Gasteiger partial charge is 0.407 e. The number of nitro benzene ring substituents is 1. The zero-order valence-electron chi connectivity index (χ0n) is 8.15. The van der Waals surface area contributed by atoms with Gasteiger partial charge in [0.25, 0.3) is 0 Å². The molecule has 16 heavy (non-hydrogen) atoms. The number of hydrogen-bond acceptors (Lipinski definition) is 5. The maximum atomic E-state index is 11.0. The van der Waals surface area contributed by atoms with Crippen molar-refractivity contribution in [2.24, 2.45) is 0 Å². The molecule has 0 aliphatic heterocycles. The average Bonchev–Trinajstić information content (AvgIpc) is 2.16. The van der Waals surface area contributed by atoms with Crippen molar-refractivity contribution in [3.05, 3.63) is 33.9 Å². The predicted octanol–water partition coefficient (Wildman–Crippen LogP) is 1.95. The molecule has 84 valence electrons. The van der Waals surface area contributed by atoms with Crippen molar-refractivity contribution in [2.75, 3.05) is 0 Å². The molecule has 0 aliphatic carbocycles. The van der Waals surface area contributed by atoms with Gasteiger partial charge in [-0.15, -0.1) is 0 Å². The molecule has 0 spiro atoms. The fourth-order valence-electron chi connectivity index (χ4n) is 0.999. The van der Waals surface area contributed by atoms with Gasteiger partial charge in [0.2, 0.25) is 5.75 Å². The Hall–Kier alpha value is -1.90. The normalized spacial score (nSPS) is 13.6. The summed E-state index contributed by atoms with van der Waals surface area (Å²) in [5.74, 6) is 0.650. The molecule has 0 radical (unpaired) electrons. The minimum Gasteiger partial charge on any atom is -0.407 e. The van der Waals surface area contributed by atoms with Crippen molar-refractivity contribution in [1.82, 2.24) is 0 Å². The van der Waals surface area contributed by atoms with E-state index in [0.29, 0.717) is 5.56 Å². The second-order valence-corrected chi connectivity index (χ2v) is 4.36. The number of nitro groups is 1. The van der Waals surface area contributed by atoms with Gasteiger partial charge in [0.1, 0.15) is 0 Å². The van der Waals surface area contributed by atoms with E-state index in [0.717, 1.165) is 11.9 Å². The second-order valence-electron chi connectivity index (χ2n) is 2.94. The van der Waals surface area contributed by atoms with Gasteiger partial charge in [-0.25, -0.2) is 4.57 Å². The van der Waals surface area contributed by atoms with Gasteiger partial charge in [-0.05, 0) is 18.6 Å².